The Bertz CT molecular complexity index is 1400. The number of hydrogen-bond donors (Lipinski definition) is 1. The number of nitrogens with zero attached hydrogens (tertiary/aromatic N) is 1. The van der Waals surface area contributed by atoms with Crippen LogP contribution < -0.4 is 9.47 Å². The molecule has 2 aliphatic heterocycles. The van der Waals surface area contributed by atoms with Crippen LogP contribution >= 0.6 is 0 Å². The summed E-state index contributed by atoms with van der Waals surface area (Å²) in [7, 11) is 0. The molecule has 5 rings (SSSR count). The Hall–Kier alpha value is -3.87. The van der Waals surface area contributed by atoms with Crippen LogP contribution in [0.2, 0.25) is 0 Å². The summed E-state index contributed by atoms with van der Waals surface area (Å²) in [6.45, 7) is 5.83. The number of halogens is 1. The predicted octanol–water partition coefficient (Wildman–Crippen LogP) is 5.13. The standard InChI is InChI=1S/C31H32FNO5/c1-30(2)15-23-13-21(9-11-26(23)37-30)18-33(19-29(35)36)28(34)14-20-8-10-27-24(12-20)17-31(3,38-27)16-22-6-4-5-7-25(22)32/h4-13H,14-19H2,1-3H3,(H,35,36). The molecular weight excluding hydrogens is 485 g/mol. The Balaban J connectivity index is 1.28. The Morgan fingerprint density at radius 1 is 0.921 bits per heavy atom. The SMILES string of the molecule is CC1(C)Cc2cc(CN(CC(=O)O)C(=O)Cc3ccc4c(c3)CC(C)(Cc3ccccc3F)O4)ccc2O1. The molecule has 3 aromatic rings. The maximum absolute atomic E-state index is 14.2. The molecule has 198 valence electrons. The highest BCUT2D eigenvalue weighted by Crippen LogP contribution is 2.38. The number of hydrogen-bond acceptors (Lipinski definition) is 4. The zero-order valence-electron chi connectivity index (χ0n) is 21.9. The number of rotatable bonds is 8. The van der Waals surface area contributed by atoms with E-state index in [1.54, 1.807) is 12.1 Å². The van der Waals surface area contributed by atoms with E-state index < -0.39 is 11.6 Å². The zero-order valence-corrected chi connectivity index (χ0v) is 21.9. The van der Waals surface area contributed by atoms with Gasteiger partial charge in [-0.1, -0.05) is 42.5 Å². The predicted molar refractivity (Wildman–Crippen MR) is 141 cm³/mol. The van der Waals surface area contributed by atoms with E-state index in [1.807, 2.05) is 63.2 Å². The van der Waals surface area contributed by atoms with E-state index in [2.05, 4.69) is 0 Å². The lowest BCUT2D eigenvalue weighted by Crippen LogP contribution is -2.36. The number of carboxylic acid groups (broad SMARTS) is 1. The van der Waals surface area contributed by atoms with Gasteiger partial charge in [-0.15, -0.1) is 0 Å². The third-order valence-electron chi connectivity index (χ3n) is 7.10. The van der Waals surface area contributed by atoms with Gasteiger partial charge in [-0.25, -0.2) is 4.39 Å². The first kappa shape index (κ1) is 25.8. The van der Waals surface area contributed by atoms with Gasteiger partial charge in [0.05, 0.1) is 6.42 Å². The Labute approximate surface area is 222 Å². The normalized spacial score (nSPS) is 18.7. The van der Waals surface area contributed by atoms with Crippen molar-refractivity contribution in [1.82, 2.24) is 4.90 Å². The van der Waals surface area contributed by atoms with Gasteiger partial charge in [0.15, 0.2) is 0 Å². The van der Waals surface area contributed by atoms with Crippen LogP contribution in [0, 0.1) is 5.82 Å². The summed E-state index contributed by atoms with van der Waals surface area (Å²) in [6.07, 6.45) is 1.85. The monoisotopic (exact) mass is 517 g/mol. The lowest BCUT2D eigenvalue weighted by atomic mass is 9.91. The molecule has 0 spiro atoms. The number of aliphatic carboxylic acids is 1. The van der Waals surface area contributed by atoms with Gasteiger partial charge in [0, 0.05) is 25.8 Å². The summed E-state index contributed by atoms with van der Waals surface area (Å²) in [5, 5.41) is 9.47. The maximum atomic E-state index is 14.2. The molecule has 0 aliphatic carbocycles. The van der Waals surface area contributed by atoms with Gasteiger partial charge in [0.2, 0.25) is 5.91 Å². The summed E-state index contributed by atoms with van der Waals surface area (Å²) >= 11 is 0. The van der Waals surface area contributed by atoms with Gasteiger partial charge in [0.1, 0.15) is 35.1 Å². The molecule has 2 aliphatic rings. The molecule has 7 heteroatoms. The van der Waals surface area contributed by atoms with Crippen molar-refractivity contribution in [3.05, 3.63) is 94.3 Å². The van der Waals surface area contributed by atoms with Crippen molar-refractivity contribution < 1.29 is 28.6 Å². The van der Waals surface area contributed by atoms with Gasteiger partial charge < -0.3 is 19.5 Å². The lowest BCUT2D eigenvalue weighted by molar-refractivity contribution is -0.144. The molecule has 38 heavy (non-hydrogen) atoms. The van der Waals surface area contributed by atoms with Crippen LogP contribution in [0.3, 0.4) is 0 Å². The van der Waals surface area contributed by atoms with Gasteiger partial charge in [0.25, 0.3) is 0 Å². The fourth-order valence-corrected chi connectivity index (χ4v) is 5.49. The van der Waals surface area contributed by atoms with Gasteiger partial charge in [-0.2, -0.15) is 0 Å². The first-order valence-electron chi connectivity index (χ1n) is 12.8. The number of benzene rings is 3. The molecule has 1 amide bonds. The Morgan fingerprint density at radius 3 is 2.32 bits per heavy atom. The zero-order chi connectivity index (χ0) is 27.1. The molecule has 2 heterocycles. The van der Waals surface area contributed by atoms with Crippen molar-refractivity contribution in [3.8, 4) is 11.5 Å². The minimum Gasteiger partial charge on any atom is -0.487 e. The van der Waals surface area contributed by atoms with Crippen LogP contribution in [0.4, 0.5) is 4.39 Å². The van der Waals surface area contributed by atoms with Gasteiger partial charge in [-0.3, -0.25) is 9.59 Å². The summed E-state index contributed by atoms with van der Waals surface area (Å²) in [4.78, 5) is 26.2. The largest absolute Gasteiger partial charge is 0.487 e. The lowest BCUT2D eigenvalue weighted by Gasteiger charge is -2.24. The van der Waals surface area contributed by atoms with Gasteiger partial charge in [-0.05, 0) is 66.8 Å². The van der Waals surface area contributed by atoms with Crippen molar-refractivity contribution in [2.45, 2.75) is 64.2 Å². The Morgan fingerprint density at radius 2 is 1.58 bits per heavy atom. The molecule has 3 aromatic carbocycles. The highest BCUT2D eigenvalue weighted by atomic mass is 19.1. The van der Waals surface area contributed by atoms with Crippen LogP contribution in [0.25, 0.3) is 0 Å². The van der Waals surface area contributed by atoms with Crippen molar-refractivity contribution >= 4 is 11.9 Å². The van der Waals surface area contributed by atoms with Crippen molar-refractivity contribution in [1.29, 1.82) is 0 Å². The van der Waals surface area contributed by atoms with Crippen LogP contribution in [0.5, 0.6) is 11.5 Å². The second kappa shape index (κ2) is 9.78. The third-order valence-corrected chi connectivity index (χ3v) is 7.10. The highest BCUT2D eigenvalue weighted by Gasteiger charge is 2.36. The topological polar surface area (TPSA) is 76.1 Å². The minimum atomic E-state index is -1.06. The van der Waals surface area contributed by atoms with Crippen LogP contribution in [-0.2, 0) is 41.8 Å². The second-order valence-electron chi connectivity index (χ2n) is 11.2. The molecule has 0 bridgehead atoms. The number of fused-ring (bicyclic) bond motifs is 2. The average Bonchev–Trinajstić information content (AvgIpc) is 3.33. The fraction of sp³-hybridized carbons (Fsp3) is 0.355. The molecule has 0 saturated heterocycles. The second-order valence-corrected chi connectivity index (χ2v) is 11.2. The van der Waals surface area contributed by atoms with E-state index in [0.717, 1.165) is 40.2 Å². The summed E-state index contributed by atoms with van der Waals surface area (Å²) in [5.41, 5.74) is 3.41. The molecule has 0 fully saturated rings. The molecule has 1 atom stereocenters. The minimum absolute atomic E-state index is 0.0751. The first-order valence-corrected chi connectivity index (χ1v) is 12.8. The number of carboxylic acids is 1. The maximum Gasteiger partial charge on any atom is 0.323 e. The number of amides is 1. The van der Waals surface area contributed by atoms with Crippen LogP contribution in [0.15, 0.2) is 60.7 Å². The van der Waals surface area contributed by atoms with E-state index in [-0.39, 0.29) is 36.8 Å². The Kier molecular flexibility index (Phi) is 6.63. The smallest absolute Gasteiger partial charge is 0.323 e. The van der Waals surface area contributed by atoms with Crippen molar-refractivity contribution in [2.75, 3.05) is 6.54 Å². The van der Waals surface area contributed by atoms with Crippen molar-refractivity contribution in [2.24, 2.45) is 0 Å². The summed E-state index contributed by atoms with van der Waals surface area (Å²) in [5.74, 6) is -0.0201. The highest BCUT2D eigenvalue weighted by molar-refractivity contribution is 5.83. The third kappa shape index (κ3) is 5.67. The van der Waals surface area contributed by atoms with Gasteiger partial charge >= 0.3 is 5.97 Å². The van der Waals surface area contributed by atoms with E-state index in [4.69, 9.17) is 9.47 Å². The molecule has 1 unspecified atom stereocenters. The summed E-state index contributed by atoms with van der Waals surface area (Å²) in [6, 6.07) is 18.1. The van der Waals surface area contributed by atoms with E-state index in [0.29, 0.717) is 18.4 Å². The molecule has 0 aromatic heterocycles. The quantitative estimate of drug-likeness (QED) is 0.448. The van der Waals surface area contributed by atoms with E-state index in [9.17, 15) is 19.1 Å². The molecular formula is C31H32FNO5. The molecule has 0 saturated carbocycles. The van der Waals surface area contributed by atoms with E-state index in [1.165, 1.54) is 11.0 Å². The number of carbonyl (C=O) groups excluding carboxylic acids is 1. The van der Waals surface area contributed by atoms with Crippen LogP contribution in [-0.4, -0.2) is 39.6 Å². The number of ether oxygens (including phenoxy) is 2. The van der Waals surface area contributed by atoms with E-state index >= 15 is 0 Å². The number of carbonyl (C=O) groups is 2. The molecule has 0 radical (unpaired) electrons. The average molecular weight is 518 g/mol. The molecule has 1 N–H and O–H groups in total. The van der Waals surface area contributed by atoms with Crippen molar-refractivity contribution in [3.63, 3.8) is 0 Å². The van der Waals surface area contributed by atoms with Crippen LogP contribution in [0.1, 0.15) is 48.6 Å². The molecule has 6 nitrogen and oxygen atoms in total. The summed E-state index contributed by atoms with van der Waals surface area (Å²) < 4.78 is 26.4. The first-order chi connectivity index (χ1) is 18.0. The fourth-order valence-electron chi connectivity index (χ4n) is 5.49.